The molecule has 0 radical (unpaired) electrons. The quantitative estimate of drug-likeness (QED) is 0.775. The van der Waals surface area contributed by atoms with E-state index in [9.17, 15) is 5.11 Å². The molecule has 0 amide bonds. The van der Waals surface area contributed by atoms with Crippen molar-refractivity contribution in [1.82, 2.24) is 4.90 Å². The van der Waals surface area contributed by atoms with E-state index in [0.717, 1.165) is 18.9 Å². The zero-order chi connectivity index (χ0) is 10.7. The lowest BCUT2D eigenvalue weighted by atomic mass is 9.91. The molecule has 2 unspecified atom stereocenters. The maximum absolute atomic E-state index is 9.74. The molecule has 88 valence electrons. The van der Waals surface area contributed by atoms with E-state index in [0.29, 0.717) is 6.04 Å². The van der Waals surface area contributed by atoms with E-state index < -0.39 is 0 Å². The summed E-state index contributed by atoms with van der Waals surface area (Å²) in [5.74, 6) is 0. The Hall–Kier alpha value is -0.0800. The van der Waals surface area contributed by atoms with Crippen LogP contribution in [0.3, 0.4) is 0 Å². The number of hydrogen-bond donors (Lipinski definition) is 1. The van der Waals surface area contributed by atoms with Gasteiger partial charge in [0.25, 0.3) is 0 Å². The van der Waals surface area contributed by atoms with Gasteiger partial charge in [0.1, 0.15) is 0 Å². The van der Waals surface area contributed by atoms with Crippen molar-refractivity contribution in [3.05, 3.63) is 0 Å². The number of aliphatic hydroxyl groups excluding tert-OH is 1. The van der Waals surface area contributed by atoms with Crippen molar-refractivity contribution in [1.29, 1.82) is 0 Å². The monoisotopic (exact) mass is 211 g/mol. The van der Waals surface area contributed by atoms with E-state index in [4.69, 9.17) is 0 Å². The highest BCUT2D eigenvalue weighted by Gasteiger charge is 2.30. The van der Waals surface area contributed by atoms with Crippen molar-refractivity contribution in [3.63, 3.8) is 0 Å². The van der Waals surface area contributed by atoms with Crippen molar-refractivity contribution in [2.75, 3.05) is 6.54 Å². The van der Waals surface area contributed by atoms with Crippen LogP contribution in [-0.2, 0) is 0 Å². The zero-order valence-electron chi connectivity index (χ0n) is 9.99. The van der Waals surface area contributed by atoms with Gasteiger partial charge in [-0.1, -0.05) is 19.8 Å². The van der Waals surface area contributed by atoms with Crippen LogP contribution in [0.5, 0.6) is 0 Å². The summed E-state index contributed by atoms with van der Waals surface area (Å²) in [7, 11) is 0. The Labute approximate surface area is 93.7 Å². The second-order valence-electron chi connectivity index (χ2n) is 5.24. The van der Waals surface area contributed by atoms with Crippen LogP contribution in [0.4, 0.5) is 0 Å². The average molecular weight is 211 g/mol. The van der Waals surface area contributed by atoms with Crippen molar-refractivity contribution < 1.29 is 5.11 Å². The average Bonchev–Trinajstić information content (AvgIpc) is 2.72. The number of hydrogen-bond acceptors (Lipinski definition) is 2. The first-order chi connectivity index (χ1) is 7.31. The van der Waals surface area contributed by atoms with Gasteiger partial charge in [0, 0.05) is 12.1 Å². The molecule has 0 saturated heterocycles. The van der Waals surface area contributed by atoms with E-state index in [1.54, 1.807) is 0 Å². The van der Waals surface area contributed by atoms with Crippen molar-refractivity contribution >= 4 is 0 Å². The Bertz CT molecular complexity index is 189. The van der Waals surface area contributed by atoms with Crippen LogP contribution in [0.15, 0.2) is 0 Å². The molecule has 2 atom stereocenters. The first-order valence-corrected chi connectivity index (χ1v) is 6.75. The van der Waals surface area contributed by atoms with Gasteiger partial charge in [0.2, 0.25) is 0 Å². The molecule has 0 aliphatic heterocycles. The largest absolute Gasteiger partial charge is 0.393 e. The van der Waals surface area contributed by atoms with Gasteiger partial charge in [-0.3, -0.25) is 4.90 Å². The lowest BCUT2D eigenvalue weighted by molar-refractivity contribution is 0.0441. The third-order valence-corrected chi connectivity index (χ3v) is 4.25. The summed E-state index contributed by atoms with van der Waals surface area (Å²) >= 11 is 0. The number of nitrogens with zero attached hydrogens (tertiary/aromatic N) is 1. The van der Waals surface area contributed by atoms with Crippen molar-refractivity contribution in [2.24, 2.45) is 0 Å². The molecule has 1 N–H and O–H groups in total. The second-order valence-corrected chi connectivity index (χ2v) is 5.24. The predicted octanol–water partition coefficient (Wildman–Crippen LogP) is 2.55. The first-order valence-electron chi connectivity index (χ1n) is 6.75. The molecule has 0 heterocycles. The topological polar surface area (TPSA) is 23.5 Å². The van der Waals surface area contributed by atoms with Crippen LogP contribution < -0.4 is 0 Å². The highest BCUT2D eigenvalue weighted by molar-refractivity contribution is 4.86. The summed E-state index contributed by atoms with van der Waals surface area (Å²) in [4.78, 5) is 2.68. The lowest BCUT2D eigenvalue weighted by Gasteiger charge is -2.39. The van der Waals surface area contributed by atoms with E-state index >= 15 is 0 Å². The summed E-state index contributed by atoms with van der Waals surface area (Å²) < 4.78 is 0. The maximum atomic E-state index is 9.74. The molecule has 2 saturated carbocycles. The third kappa shape index (κ3) is 2.73. The lowest BCUT2D eigenvalue weighted by Crippen LogP contribution is -2.45. The van der Waals surface area contributed by atoms with Gasteiger partial charge >= 0.3 is 0 Å². The molecule has 2 aliphatic rings. The molecule has 15 heavy (non-hydrogen) atoms. The predicted molar refractivity (Wildman–Crippen MR) is 62.9 cm³/mol. The van der Waals surface area contributed by atoms with Gasteiger partial charge in [0.15, 0.2) is 0 Å². The third-order valence-electron chi connectivity index (χ3n) is 4.25. The van der Waals surface area contributed by atoms with Crippen molar-refractivity contribution in [3.8, 4) is 0 Å². The fraction of sp³-hybridized carbons (Fsp3) is 1.00. The zero-order valence-corrected chi connectivity index (χ0v) is 9.99. The van der Waals surface area contributed by atoms with E-state index in [2.05, 4.69) is 11.8 Å². The highest BCUT2D eigenvalue weighted by Crippen LogP contribution is 2.30. The molecule has 2 rings (SSSR count). The first kappa shape index (κ1) is 11.4. The van der Waals surface area contributed by atoms with Crippen molar-refractivity contribution in [2.45, 2.75) is 76.5 Å². The smallest absolute Gasteiger partial charge is 0.0555 e. The summed E-state index contributed by atoms with van der Waals surface area (Å²) in [6.45, 7) is 3.45. The van der Waals surface area contributed by atoms with Crippen LogP contribution in [0.25, 0.3) is 0 Å². The molecule has 0 spiro atoms. The standard InChI is InChI=1S/C13H25NO/c1-2-14(11-6-3-4-7-11)12-8-5-9-13(15)10-12/h11-13,15H,2-10H2,1H3. The summed E-state index contributed by atoms with van der Waals surface area (Å²) in [6, 6.07) is 1.49. The van der Waals surface area contributed by atoms with Gasteiger partial charge in [0.05, 0.1) is 6.10 Å². The van der Waals surface area contributed by atoms with Gasteiger partial charge in [-0.25, -0.2) is 0 Å². The fourth-order valence-electron chi connectivity index (χ4n) is 3.49. The summed E-state index contributed by atoms with van der Waals surface area (Å²) in [5, 5.41) is 9.74. The fourth-order valence-corrected chi connectivity index (χ4v) is 3.49. The minimum atomic E-state index is -0.0285. The SMILES string of the molecule is CCN(C1CCCC1)C1CCCC(O)C1. The normalized spacial score (nSPS) is 33.8. The van der Waals surface area contributed by atoms with Gasteiger partial charge in [-0.05, 0) is 45.1 Å². The van der Waals surface area contributed by atoms with E-state index in [1.165, 1.54) is 45.1 Å². The van der Waals surface area contributed by atoms with Crippen LogP contribution in [0, 0.1) is 0 Å². The molecule has 0 aromatic carbocycles. The van der Waals surface area contributed by atoms with E-state index in [1.807, 2.05) is 0 Å². The van der Waals surface area contributed by atoms with Gasteiger partial charge < -0.3 is 5.11 Å². The maximum Gasteiger partial charge on any atom is 0.0555 e. The Morgan fingerprint density at radius 2 is 1.67 bits per heavy atom. The molecule has 2 aliphatic carbocycles. The van der Waals surface area contributed by atoms with E-state index in [-0.39, 0.29) is 6.10 Å². The van der Waals surface area contributed by atoms with Gasteiger partial charge in [-0.15, -0.1) is 0 Å². The summed E-state index contributed by atoms with van der Waals surface area (Å²) in [5.41, 5.74) is 0. The Kier molecular flexibility index (Phi) is 4.04. The molecule has 0 aromatic heterocycles. The van der Waals surface area contributed by atoms with Crippen LogP contribution in [0.1, 0.15) is 58.3 Å². The minimum absolute atomic E-state index is 0.0285. The Morgan fingerprint density at radius 3 is 2.27 bits per heavy atom. The number of aliphatic hydroxyl groups is 1. The highest BCUT2D eigenvalue weighted by atomic mass is 16.3. The Morgan fingerprint density at radius 1 is 1.00 bits per heavy atom. The minimum Gasteiger partial charge on any atom is -0.393 e. The number of rotatable bonds is 3. The molecular formula is C13H25NO. The molecule has 0 bridgehead atoms. The Balaban J connectivity index is 1.92. The molecule has 2 nitrogen and oxygen atoms in total. The van der Waals surface area contributed by atoms with Crippen LogP contribution >= 0.6 is 0 Å². The molecule has 2 fully saturated rings. The van der Waals surface area contributed by atoms with Crippen LogP contribution in [-0.4, -0.2) is 34.7 Å². The summed E-state index contributed by atoms with van der Waals surface area (Å²) in [6.07, 6.45) is 10.1. The molecule has 2 heteroatoms. The van der Waals surface area contributed by atoms with Gasteiger partial charge in [-0.2, -0.15) is 0 Å². The van der Waals surface area contributed by atoms with Crippen LogP contribution in [0.2, 0.25) is 0 Å². The molecular weight excluding hydrogens is 186 g/mol. The second kappa shape index (κ2) is 5.31. The molecule has 0 aromatic rings.